The van der Waals surface area contributed by atoms with E-state index in [1.165, 1.54) is 18.3 Å². The van der Waals surface area contributed by atoms with E-state index in [9.17, 15) is 9.59 Å². The van der Waals surface area contributed by atoms with Crippen molar-refractivity contribution in [3.05, 3.63) is 10.4 Å². The van der Waals surface area contributed by atoms with Crippen LogP contribution in [0, 0.1) is 0 Å². The molecular weight excluding hydrogens is 294 g/mol. The molecule has 1 aliphatic heterocycles. The number of Topliss-reactive ketones (excluding diaryl/α,β-unsaturated/α-hetero) is 1. The van der Waals surface area contributed by atoms with Crippen molar-refractivity contribution < 1.29 is 9.59 Å². The first kappa shape index (κ1) is 15.2. The Bertz CT molecular complexity index is 520. The summed E-state index contributed by atoms with van der Waals surface area (Å²) in [6.45, 7) is 3.26. The number of amides is 1. The monoisotopic (exact) mass is 313 g/mol. The Hall–Kier alpha value is -1.21. The summed E-state index contributed by atoms with van der Waals surface area (Å²) in [5.74, 6) is 1.85. The third-order valence-electron chi connectivity index (χ3n) is 3.21. The van der Waals surface area contributed by atoms with Crippen molar-refractivity contribution in [2.24, 2.45) is 0 Å². The highest BCUT2D eigenvalue weighted by atomic mass is 32.2. The van der Waals surface area contributed by atoms with Gasteiger partial charge < -0.3 is 16.0 Å². The summed E-state index contributed by atoms with van der Waals surface area (Å²) in [5.41, 5.74) is 6.79. The van der Waals surface area contributed by atoms with Crippen LogP contribution in [-0.4, -0.2) is 43.3 Å². The van der Waals surface area contributed by atoms with Gasteiger partial charge in [0.1, 0.15) is 5.00 Å². The number of nitrogens with zero attached hydrogens (tertiary/aromatic N) is 1. The standard InChI is InChI=1S/C13H19N3O2S2/c1-8(17)11-10(14)9(12(18)15-2)13(20-11)16-4-3-6-19-7-5-16/h3-7,14H2,1-2H3,(H,15,18). The normalized spacial score (nSPS) is 15.8. The molecule has 1 amide bonds. The SMILES string of the molecule is CNC(=O)c1c(N2CCCSCC2)sc(C(C)=O)c1N. The first-order valence-corrected chi connectivity index (χ1v) is 8.51. The minimum absolute atomic E-state index is 0.0897. The molecule has 20 heavy (non-hydrogen) atoms. The number of carbonyl (C=O) groups is 2. The molecule has 1 aliphatic rings. The van der Waals surface area contributed by atoms with Gasteiger partial charge in [-0.2, -0.15) is 11.8 Å². The predicted octanol–water partition coefficient (Wildman–Crippen LogP) is 1.84. The van der Waals surface area contributed by atoms with Gasteiger partial charge in [-0.1, -0.05) is 0 Å². The highest BCUT2D eigenvalue weighted by Crippen LogP contribution is 2.39. The molecule has 7 heteroatoms. The summed E-state index contributed by atoms with van der Waals surface area (Å²) in [7, 11) is 1.58. The molecule has 3 N–H and O–H groups in total. The molecule has 1 fully saturated rings. The average Bonchev–Trinajstić information content (AvgIpc) is 2.63. The van der Waals surface area contributed by atoms with Crippen LogP contribution in [0.5, 0.6) is 0 Å². The van der Waals surface area contributed by atoms with Crippen molar-refractivity contribution in [2.45, 2.75) is 13.3 Å². The molecule has 0 bridgehead atoms. The first-order chi connectivity index (χ1) is 9.56. The van der Waals surface area contributed by atoms with Crippen molar-refractivity contribution in [3.63, 3.8) is 0 Å². The van der Waals surface area contributed by atoms with E-state index in [0.717, 1.165) is 36.0 Å². The lowest BCUT2D eigenvalue weighted by Gasteiger charge is -2.21. The fourth-order valence-corrected chi connectivity index (χ4v) is 4.26. The number of ketones is 1. The molecular formula is C13H19N3O2S2. The van der Waals surface area contributed by atoms with Gasteiger partial charge in [-0.05, 0) is 12.2 Å². The zero-order chi connectivity index (χ0) is 14.7. The number of nitrogen functional groups attached to an aromatic ring is 1. The molecule has 1 aromatic heterocycles. The van der Waals surface area contributed by atoms with E-state index in [0.29, 0.717) is 16.1 Å². The number of thioether (sulfide) groups is 1. The van der Waals surface area contributed by atoms with Gasteiger partial charge in [-0.25, -0.2) is 0 Å². The highest BCUT2D eigenvalue weighted by molar-refractivity contribution is 7.99. The van der Waals surface area contributed by atoms with Crippen molar-refractivity contribution in [1.82, 2.24) is 5.32 Å². The Morgan fingerprint density at radius 1 is 1.30 bits per heavy atom. The van der Waals surface area contributed by atoms with Gasteiger partial charge in [-0.15, -0.1) is 11.3 Å². The number of nitrogens with one attached hydrogen (secondary N) is 1. The largest absolute Gasteiger partial charge is 0.397 e. The van der Waals surface area contributed by atoms with Gasteiger partial charge in [0.2, 0.25) is 0 Å². The number of carbonyl (C=O) groups excluding carboxylic acids is 2. The molecule has 5 nitrogen and oxygen atoms in total. The maximum atomic E-state index is 12.1. The zero-order valence-electron chi connectivity index (χ0n) is 11.7. The summed E-state index contributed by atoms with van der Waals surface area (Å²) in [4.78, 5) is 26.4. The third kappa shape index (κ3) is 2.93. The molecule has 0 aliphatic carbocycles. The first-order valence-electron chi connectivity index (χ1n) is 6.54. The van der Waals surface area contributed by atoms with Crippen LogP contribution in [0.1, 0.15) is 33.4 Å². The Morgan fingerprint density at radius 3 is 2.70 bits per heavy atom. The number of rotatable bonds is 3. The van der Waals surface area contributed by atoms with Crippen LogP contribution in [0.25, 0.3) is 0 Å². The topological polar surface area (TPSA) is 75.4 Å². The second kappa shape index (κ2) is 6.49. The maximum Gasteiger partial charge on any atom is 0.256 e. The van der Waals surface area contributed by atoms with E-state index in [1.54, 1.807) is 7.05 Å². The smallest absolute Gasteiger partial charge is 0.256 e. The quantitative estimate of drug-likeness (QED) is 0.833. The number of anilines is 2. The summed E-state index contributed by atoms with van der Waals surface area (Å²) in [5, 5.41) is 3.44. The molecule has 0 saturated carbocycles. The van der Waals surface area contributed by atoms with Crippen LogP contribution < -0.4 is 16.0 Å². The number of hydrogen-bond acceptors (Lipinski definition) is 6. The molecule has 0 aromatic carbocycles. The maximum absolute atomic E-state index is 12.1. The molecule has 0 radical (unpaired) electrons. The molecule has 1 aromatic rings. The van der Waals surface area contributed by atoms with Crippen LogP contribution in [0.3, 0.4) is 0 Å². The van der Waals surface area contributed by atoms with Crippen molar-refractivity contribution >= 4 is 45.5 Å². The highest BCUT2D eigenvalue weighted by Gasteiger charge is 2.27. The summed E-state index contributed by atoms with van der Waals surface area (Å²) in [6.07, 6.45) is 1.07. The summed E-state index contributed by atoms with van der Waals surface area (Å²) < 4.78 is 0. The predicted molar refractivity (Wildman–Crippen MR) is 86.3 cm³/mol. The van der Waals surface area contributed by atoms with E-state index in [1.807, 2.05) is 11.8 Å². The van der Waals surface area contributed by atoms with Gasteiger partial charge in [0.15, 0.2) is 5.78 Å². The van der Waals surface area contributed by atoms with Crippen LogP contribution in [0.4, 0.5) is 10.7 Å². The number of hydrogen-bond donors (Lipinski definition) is 2. The van der Waals surface area contributed by atoms with Gasteiger partial charge >= 0.3 is 0 Å². The van der Waals surface area contributed by atoms with E-state index < -0.39 is 0 Å². The summed E-state index contributed by atoms with van der Waals surface area (Å²) >= 11 is 3.25. The summed E-state index contributed by atoms with van der Waals surface area (Å²) in [6, 6.07) is 0. The Balaban J connectivity index is 2.46. The number of thiophene rings is 1. The fraction of sp³-hybridized carbons (Fsp3) is 0.538. The lowest BCUT2D eigenvalue weighted by molar-refractivity contribution is 0.0964. The van der Waals surface area contributed by atoms with Crippen molar-refractivity contribution in [3.8, 4) is 0 Å². The Kier molecular flexibility index (Phi) is 4.93. The molecule has 2 heterocycles. The van der Waals surface area contributed by atoms with Gasteiger partial charge in [0.25, 0.3) is 5.91 Å². The molecule has 1 saturated heterocycles. The van der Waals surface area contributed by atoms with E-state index in [-0.39, 0.29) is 11.7 Å². The average molecular weight is 313 g/mol. The molecule has 0 unspecified atom stereocenters. The van der Waals surface area contributed by atoms with Gasteiger partial charge in [-0.3, -0.25) is 9.59 Å². The molecule has 110 valence electrons. The minimum atomic E-state index is -0.224. The molecule has 2 rings (SSSR count). The minimum Gasteiger partial charge on any atom is -0.397 e. The van der Waals surface area contributed by atoms with Gasteiger partial charge in [0.05, 0.1) is 16.1 Å². The van der Waals surface area contributed by atoms with E-state index >= 15 is 0 Å². The van der Waals surface area contributed by atoms with Crippen LogP contribution in [0.2, 0.25) is 0 Å². The Morgan fingerprint density at radius 2 is 2.05 bits per heavy atom. The van der Waals surface area contributed by atoms with E-state index in [4.69, 9.17) is 5.73 Å². The van der Waals surface area contributed by atoms with Gasteiger partial charge in [0, 0.05) is 32.8 Å². The molecule has 0 atom stereocenters. The molecule has 0 spiro atoms. The third-order valence-corrected chi connectivity index (χ3v) is 5.63. The fourth-order valence-electron chi connectivity index (χ4n) is 2.21. The van der Waals surface area contributed by atoms with Crippen LogP contribution in [-0.2, 0) is 0 Å². The van der Waals surface area contributed by atoms with Crippen molar-refractivity contribution in [1.29, 1.82) is 0 Å². The lowest BCUT2D eigenvalue weighted by atomic mass is 10.2. The lowest BCUT2D eigenvalue weighted by Crippen LogP contribution is -2.28. The Labute approximate surface area is 126 Å². The second-order valence-electron chi connectivity index (χ2n) is 4.61. The van der Waals surface area contributed by atoms with Crippen molar-refractivity contribution in [2.75, 3.05) is 42.3 Å². The van der Waals surface area contributed by atoms with Crippen LogP contribution >= 0.6 is 23.1 Å². The van der Waals surface area contributed by atoms with Crippen LogP contribution in [0.15, 0.2) is 0 Å². The van der Waals surface area contributed by atoms with E-state index in [2.05, 4.69) is 10.2 Å². The number of nitrogens with two attached hydrogens (primary N) is 1. The zero-order valence-corrected chi connectivity index (χ0v) is 13.3. The second-order valence-corrected chi connectivity index (χ2v) is 6.84.